The molecule has 0 spiro atoms. The van der Waals surface area contributed by atoms with E-state index in [1.807, 2.05) is 31.1 Å². The number of nitrogens with one attached hydrogen (secondary N) is 1. The van der Waals surface area contributed by atoms with E-state index in [0.29, 0.717) is 5.57 Å². The number of carbonyl (C=O) groups is 4. The molecule has 1 aromatic heterocycles. The molecule has 174 valence electrons. The minimum Gasteiger partial charge on any atom is -0.477 e. The van der Waals surface area contributed by atoms with Gasteiger partial charge in [-0.05, 0) is 26.2 Å². The number of aliphatic carboxylic acids is 1. The molecule has 3 rings (SSSR count). The second kappa shape index (κ2) is 9.61. The third-order valence-corrected chi connectivity index (χ3v) is 7.38. The fraction of sp³-hybridized carbons (Fsp3) is 0.500. The normalized spacial score (nSPS) is 22.5. The summed E-state index contributed by atoms with van der Waals surface area (Å²) in [5, 5.41) is 11.6. The van der Waals surface area contributed by atoms with E-state index < -0.39 is 34.9 Å². The van der Waals surface area contributed by atoms with E-state index in [9.17, 15) is 24.3 Å². The number of ether oxygens (including phenoxy) is 2. The van der Waals surface area contributed by atoms with Gasteiger partial charge in [0.1, 0.15) is 17.7 Å². The van der Waals surface area contributed by atoms with E-state index >= 15 is 0 Å². The second-order valence-corrected chi connectivity index (χ2v) is 9.97. The predicted molar refractivity (Wildman–Crippen MR) is 118 cm³/mol. The fourth-order valence-corrected chi connectivity index (χ4v) is 6.12. The summed E-state index contributed by atoms with van der Waals surface area (Å²) in [6.45, 7) is 1.76. The number of nitrogens with zero attached hydrogens (tertiary/aromatic N) is 2. The number of fused-ring (bicyclic) bond motifs is 1. The van der Waals surface area contributed by atoms with Gasteiger partial charge < -0.3 is 24.8 Å². The van der Waals surface area contributed by atoms with Crippen molar-refractivity contribution < 1.29 is 33.8 Å². The van der Waals surface area contributed by atoms with Crippen LogP contribution < -0.4 is 5.32 Å². The number of β-lactam (4-membered cyclic amide) rings is 1. The van der Waals surface area contributed by atoms with Gasteiger partial charge in [-0.1, -0.05) is 0 Å². The molecule has 12 heteroatoms. The van der Waals surface area contributed by atoms with Crippen molar-refractivity contribution in [3.05, 3.63) is 33.2 Å². The van der Waals surface area contributed by atoms with Crippen LogP contribution in [0.25, 0.3) is 0 Å². The molecule has 0 radical (unpaired) electrons. The number of thiophene rings is 1. The molecule has 0 saturated carbocycles. The van der Waals surface area contributed by atoms with Crippen LogP contribution in [-0.4, -0.2) is 83.3 Å². The van der Waals surface area contributed by atoms with Crippen LogP contribution in [0.1, 0.15) is 16.7 Å². The molecule has 10 nitrogen and oxygen atoms in total. The van der Waals surface area contributed by atoms with Gasteiger partial charge in [-0.15, -0.1) is 23.1 Å². The maximum Gasteiger partial charge on any atom is 0.352 e. The van der Waals surface area contributed by atoms with Crippen LogP contribution in [-0.2, 0) is 41.6 Å². The summed E-state index contributed by atoms with van der Waals surface area (Å²) in [5.74, 6) is -2.73. The molecular weight excluding hydrogens is 458 g/mol. The lowest BCUT2D eigenvalue weighted by atomic mass is 9.98. The summed E-state index contributed by atoms with van der Waals surface area (Å²) >= 11 is 2.75. The number of hydrogen-bond acceptors (Lipinski definition) is 9. The summed E-state index contributed by atoms with van der Waals surface area (Å²) < 4.78 is 10.4. The molecule has 2 aliphatic rings. The molecule has 0 aromatic carbocycles. The van der Waals surface area contributed by atoms with Crippen LogP contribution in [0.3, 0.4) is 0 Å². The Labute approximate surface area is 193 Å². The quantitative estimate of drug-likeness (QED) is 0.295. The maximum atomic E-state index is 13.0. The minimum absolute atomic E-state index is 0.0766. The molecule has 0 bridgehead atoms. The lowest BCUT2D eigenvalue weighted by molar-refractivity contribution is -0.192. The lowest BCUT2D eigenvalue weighted by Gasteiger charge is -2.55. The summed E-state index contributed by atoms with van der Waals surface area (Å²) in [4.78, 5) is 53.8. The third kappa shape index (κ3) is 4.68. The van der Waals surface area contributed by atoms with Crippen molar-refractivity contribution in [2.24, 2.45) is 0 Å². The van der Waals surface area contributed by atoms with Crippen molar-refractivity contribution in [2.45, 2.75) is 31.0 Å². The van der Waals surface area contributed by atoms with E-state index in [2.05, 4.69) is 5.32 Å². The zero-order chi connectivity index (χ0) is 23.6. The molecule has 1 fully saturated rings. The summed E-state index contributed by atoms with van der Waals surface area (Å²) in [6, 6.07) is 3.83. The zero-order valence-corrected chi connectivity index (χ0v) is 19.8. The third-order valence-electron chi connectivity index (χ3n) is 4.93. The molecule has 1 saturated heterocycles. The van der Waals surface area contributed by atoms with Gasteiger partial charge in [0.25, 0.3) is 11.6 Å². The van der Waals surface area contributed by atoms with Gasteiger partial charge >= 0.3 is 11.9 Å². The van der Waals surface area contributed by atoms with Crippen molar-refractivity contribution in [1.29, 1.82) is 0 Å². The van der Waals surface area contributed by atoms with Crippen molar-refractivity contribution in [2.75, 3.05) is 33.6 Å². The molecule has 2 aliphatic heterocycles. The summed E-state index contributed by atoms with van der Waals surface area (Å²) in [6.07, 6.45) is 0.0766. The van der Waals surface area contributed by atoms with Crippen LogP contribution >= 0.6 is 23.1 Å². The van der Waals surface area contributed by atoms with Gasteiger partial charge in [0.15, 0.2) is 0 Å². The van der Waals surface area contributed by atoms with E-state index in [1.54, 1.807) is 0 Å². The van der Waals surface area contributed by atoms with Gasteiger partial charge in [0.05, 0.1) is 6.42 Å². The smallest absolute Gasteiger partial charge is 0.352 e. The Hall–Kier alpha value is -2.41. The first kappa shape index (κ1) is 24.2. The highest BCUT2D eigenvalue weighted by Crippen LogP contribution is 2.46. The van der Waals surface area contributed by atoms with Crippen LogP contribution in [0.15, 0.2) is 23.4 Å². The standard InChI is InChI=1S/C20H25N3O7S2/c1-11(24)30-9-12-10-31-19-20(29-4,18(28)23(19)16(12)17(26)27)21-15(25)7-13-5-6-14(32-13)8-22(2)3/h5-6,19H,7-10H2,1-4H3,(H,21,25)(H,26,27)/t19-,20-/m0/s1. The highest BCUT2D eigenvalue weighted by Gasteiger charge is 2.66. The Kier molecular flexibility index (Phi) is 7.28. The highest BCUT2D eigenvalue weighted by molar-refractivity contribution is 8.00. The molecule has 2 N–H and O–H groups in total. The number of thioether (sulfide) groups is 1. The van der Waals surface area contributed by atoms with Crippen molar-refractivity contribution in [1.82, 2.24) is 15.1 Å². The topological polar surface area (TPSA) is 125 Å². The van der Waals surface area contributed by atoms with E-state index in [-0.39, 0.29) is 24.5 Å². The summed E-state index contributed by atoms with van der Waals surface area (Å²) in [7, 11) is 5.22. The number of rotatable bonds is 9. The lowest BCUT2D eigenvalue weighted by Crippen LogP contribution is -2.80. The van der Waals surface area contributed by atoms with Crippen LogP contribution in [0, 0.1) is 0 Å². The number of carboxylic acid groups (broad SMARTS) is 1. The average Bonchev–Trinajstić information content (AvgIpc) is 3.14. The van der Waals surface area contributed by atoms with Crippen LogP contribution in [0.2, 0.25) is 0 Å². The molecular formula is C20H25N3O7S2. The van der Waals surface area contributed by atoms with E-state index in [1.165, 1.54) is 37.1 Å². The van der Waals surface area contributed by atoms with Gasteiger partial charge in [-0.2, -0.15) is 0 Å². The molecule has 0 aliphatic carbocycles. The van der Waals surface area contributed by atoms with Crippen LogP contribution in [0.4, 0.5) is 0 Å². The van der Waals surface area contributed by atoms with E-state index in [0.717, 1.165) is 21.2 Å². The fourth-order valence-electron chi connectivity index (χ4n) is 3.57. The molecule has 3 heterocycles. The zero-order valence-electron chi connectivity index (χ0n) is 18.2. The first-order chi connectivity index (χ1) is 15.1. The number of amides is 2. The molecule has 1 aromatic rings. The van der Waals surface area contributed by atoms with Gasteiger partial charge in [-0.3, -0.25) is 19.3 Å². The van der Waals surface area contributed by atoms with Gasteiger partial charge in [0.2, 0.25) is 5.91 Å². The largest absolute Gasteiger partial charge is 0.477 e. The highest BCUT2D eigenvalue weighted by atomic mass is 32.2. The Balaban J connectivity index is 1.74. The van der Waals surface area contributed by atoms with Gasteiger partial charge in [-0.25, -0.2) is 4.79 Å². The van der Waals surface area contributed by atoms with Crippen molar-refractivity contribution >= 4 is 46.9 Å². The number of methoxy groups -OCH3 is 1. The number of hydrogen-bond donors (Lipinski definition) is 2. The van der Waals surface area contributed by atoms with Crippen LogP contribution in [0.5, 0.6) is 0 Å². The number of carbonyl (C=O) groups excluding carboxylic acids is 3. The summed E-state index contributed by atoms with van der Waals surface area (Å²) in [5.41, 5.74) is -1.59. The van der Waals surface area contributed by atoms with Crippen molar-refractivity contribution in [3.8, 4) is 0 Å². The van der Waals surface area contributed by atoms with Gasteiger partial charge in [0, 0.05) is 41.7 Å². The molecule has 32 heavy (non-hydrogen) atoms. The van der Waals surface area contributed by atoms with Crippen molar-refractivity contribution in [3.63, 3.8) is 0 Å². The Morgan fingerprint density at radius 3 is 2.59 bits per heavy atom. The SMILES string of the molecule is CO[C@@]1(NC(=O)Cc2ccc(CN(C)C)s2)C(=O)N2C(C(=O)O)=C(COC(C)=O)CS[C@H]21. The first-order valence-corrected chi connectivity index (χ1v) is 11.6. The monoisotopic (exact) mass is 483 g/mol. The first-order valence-electron chi connectivity index (χ1n) is 9.71. The second-order valence-electron chi connectivity index (χ2n) is 7.65. The number of esters is 1. The predicted octanol–water partition coefficient (Wildman–Crippen LogP) is 0.628. The molecule has 0 unspecified atom stereocenters. The maximum absolute atomic E-state index is 13.0. The molecule has 2 amide bonds. The molecule has 2 atom stereocenters. The Bertz CT molecular complexity index is 974. The Morgan fingerprint density at radius 1 is 1.31 bits per heavy atom. The minimum atomic E-state index is -1.65. The number of carboxylic acids is 1. The van der Waals surface area contributed by atoms with E-state index in [4.69, 9.17) is 9.47 Å². The Morgan fingerprint density at radius 2 is 2.00 bits per heavy atom. The average molecular weight is 484 g/mol.